The monoisotopic (exact) mass is 343 g/mol. The Hall–Kier alpha value is -2.63. The van der Waals surface area contributed by atoms with E-state index in [1.54, 1.807) is 11.0 Å². The molecule has 2 N–H and O–H groups in total. The van der Waals surface area contributed by atoms with E-state index < -0.39 is 0 Å². The second-order valence-electron chi connectivity index (χ2n) is 6.12. The fourth-order valence-electron chi connectivity index (χ4n) is 2.77. The second-order valence-corrected chi connectivity index (χ2v) is 6.12. The van der Waals surface area contributed by atoms with Crippen molar-refractivity contribution in [3.8, 4) is 0 Å². The summed E-state index contributed by atoms with van der Waals surface area (Å²) in [7, 11) is 0. The lowest BCUT2D eigenvalue weighted by molar-refractivity contribution is -0.132. The molecule has 0 atom stereocenters. The highest BCUT2D eigenvalue weighted by atomic mass is 16.2. The van der Waals surface area contributed by atoms with E-state index in [0.717, 1.165) is 5.56 Å². The van der Waals surface area contributed by atoms with E-state index in [2.05, 4.69) is 10.6 Å². The molecule has 134 valence electrons. The van der Waals surface area contributed by atoms with Crippen LogP contribution in [0.3, 0.4) is 0 Å². The molecule has 0 bridgehead atoms. The molecule has 0 aromatic heterocycles. The van der Waals surface area contributed by atoms with Crippen LogP contribution in [0.4, 0.5) is 0 Å². The quantitative estimate of drug-likeness (QED) is 0.602. The number of rotatable bonds is 6. The number of hydrogen-bond donors (Lipinski definition) is 2. The number of nitrogens with one attached hydrogen (secondary N) is 2. The van der Waals surface area contributed by atoms with Gasteiger partial charge in [-0.3, -0.25) is 14.4 Å². The number of hydrogen-bond acceptors (Lipinski definition) is 3. The van der Waals surface area contributed by atoms with Crippen molar-refractivity contribution in [2.45, 2.75) is 19.8 Å². The number of likely N-dealkylation sites (tertiary alicyclic amines) is 1. The third kappa shape index (κ3) is 6.41. The summed E-state index contributed by atoms with van der Waals surface area (Å²) in [5.41, 5.74) is 0.990. The molecule has 2 rings (SSSR count). The van der Waals surface area contributed by atoms with Crippen LogP contribution < -0.4 is 10.6 Å². The van der Waals surface area contributed by atoms with Crippen molar-refractivity contribution in [2.24, 2.45) is 5.92 Å². The van der Waals surface area contributed by atoms with Gasteiger partial charge in [-0.05, 0) is 24.5 Å². The lowest BCUT2D eigenvalue weighted by atomic mass is 9.96. The van der Waals surface area contributed by atoms with Gasteiger partial charge in [0.15, 0.2) is 0 Å². The molecule has 6 nitrogen and oxygen atoms in total. The zero-order valence-corrected chi connectivity index (χ0v) is 14.5. The van der Waals surface area contributed by atoms with Crippen molar-refractivity contribution in [3.63, 3.8) is 0 Å². The van der Waals surface area contributed by atoms with E-state index in [4.69, 9.17) is 0 Å². The first-order chi connectivity index (χ1) is 12.1. The van der Waals surface area contributed by atoms with Crippen LogP contribution in [0, 0.1) is 5.92 Å². The Labute approximate surface area is 148 Å². The number of carbonyl (C=O) groups is 3. The fourth-order valence-corrected chi connectivity index (χ4v) is 2.77. The maximum Gasteiger partial charge on any atom is 0.246 e. The summed E-state index contributed by atoms with van der Waals surface area (Å²) in [5, 5.41) is 5.47. The van der Waals surface area contributed by atoms with Gasteiger partial charge < -0.3 is 15.5 Å². The molecule has 0 saturated carbocycles. The van der Waals surface area contributed by atoms with Crippen molar-refractivity contribution in [2.75, 3.05) is 26.2 Å². The average Bonchev–Trinajstić information content (AvgIpc) is 2.64. The number of carbonyl (C=O) groups excluding carboxylic acids is 3. The van der Waals surface area contributed by atoms with Gasteiger partial charge in [-0.2, -0.15) is 0 Å². The van der Waals surface area contributed by atoms with E-state index in [-0.39, 0.29) is 23.6 Å². The molecule has 0 spiro atoms. The van der Waals surface area contributed by atoms with Crippen molar-refractivity contribution in [1.82, 2.24) is 15.5 Å². The zero-order valence-electron chi connectivity index (χ0n) is 14.5. The van der Waals surface area contributed by atoms with Crippen LogP contribution in [0.15, 0.2) is 36.4 Å². The summed E-state index contributed by atoms with van der Waals surface area (Å²) < 4.78 is 0. The van der Waals surface area contributed by atoms with E-state index in [1.807, 2.05) is 36.4 Å². The molecule has 1 aromatic rings. The van der Waals surface area contributed by atoms with Gasteiger partial charge >= 0.3 is 0 Å². The molecule has 1 heterocycles. The Bertz CT molecular complexity index is 620. The molecule has 0 radical (unpaired) electrons. The van der Waals surface area contributed by atoms with Crippen LogP contribution in [0.1, 0.15) is 25.3 Å². The van der Waals surface area contributed by atoms with Gasteiger partial charge in [-0.1, -0.05) is 30.3 Å². The normalized spacial score (nSPS) is 15.2. The first kappa shape index (κ1) is 18.7. The van der Waals surface area contributed by atoms with Crippen molar-refractivity contribution < 1.29 is 14.4 Å². The van der Waals surface area contributed by atoms with Gasteiger partial charge in [0.25, 0.3) is 0 Å². The molecule has 1 aliphatic rings. The minimum atomic E-state index is -0.107. The van der Waals surface area contributed by atoms with Gasteiger partial charge in [-0.25, -0.2) is 0 Å². The largest absolute Gasteiger partial charge is 0.355 e. The number of piperidine rings is 1. The molecule has 1 aromatic carbocycles. The van der Waals surface area contributed by atoms with Gasteiger partial charge in [0.1, 0.15) is 0 Å². The Balaban J connectivity index is 1.71. The Morgan fingerprint density at radius 2 is 1.72 bits per heavy atom. The highest BCUT2D eigenvalue weighted by Gasteiger charge is 2.26. The summed E-state index contributed by atoms with van der Waals surface area (Å²) >= 11 is 0. The maximum atomic E-state index is 12.2. The van der Waals surface area contributed by atoms with E-state index >= 15 is 0 Å². The molecule has 1 aliphatic heterocycles. The van der Waals surface area contributed by atoms with Crippen molar-refractivity contribution >= 4 is 23.8 Å². The number of nitrogens with zero attached hydrogens (tertiary/aromatic N) is 1. The minimum Gasteiger partial charge on any atom is -0.355 e. The summed E-state index contributed by atoms with van der Waals surface area (Å²) in [6, 6.07) is 9.69. The minimum absolute atomic E-state index is 0.00252. The van der Waals surface area contributed by atoms with Crippen LogP contribution >= 0.6 is 0 Å². The Morgan fingerprint density at radius 1 is 1.08 bits per heavy atom. The molecule has 0 aliphatic carbocycles. The second kappa shape index (κ2) is 9.61. The summed E-state index contributed by atoms with van der Waals surface area (Å²) in [4.78, 5) is 36.9. The predicted octanol–water partition coefficient (Wildman–Crippen LogP) is 1.19. The molecule has 1 saturated heterocycles. The Kier molecular flexibility index (Phi) is 7.19. The van der Waals surface area contributed by atoms with Gasteiger partial charge in [0.2, 0.25) is 17.7 Å². The first-order valence-electron chi connectivity index (χ1n) is 8.60. The molecule has 0 unspecified atom stereocenters. The van der Waals surface area contributed by atoms with Gasteiger partial charge in [-0.15, -0.1) is 0 Å². The smallest absolute Gasteiger partial charge is 0.246 e. The third-order valence-corrected chi connectivity index (χ3v) is 4.19. The van der Waals surface area contributed by atoms with Crippen molar-refractivity contribution in [3.05, 3.63) is 42.0 Å². The van der Waals surface area contributed by atoms with Crippen molar-refractivity contribution in [1.29, 1.82) is 0 Å². The summed E-state index contributed by atoms with van der Waals surface area (Å²) in [6.45, 7) is 3.48. The molecular weight excluding hydrogens is 318 g/mol. The highest BCUT2D eigenvalue weighted by Crippen LogP contribution is 2.17. The fraction of sp³-hybridized carbons (Fsp3) is 0.421. The highest BCUT2D eigenvalue weighted by molar-refractivity contribution is 5.92. The van der Waals surface area contributed by atoms with Crippen LogP contribution in [-0.2, 0) is 14.4 Å². The van der Waals surface area contributed by atoms with Crippen LogP contribution in [0.2, 0.25) is 0 Å². The zero-order chi connectivity index (χ0) is 18.1. The Morgan fingerprint density at radius 3 is 2.36 bits per heavy atom. The topological polar surface area (TPSA) is 78.5 Å². The molecule has 1 fully saturated rings. The van der Waals surface area contributed by atoms with Gasteiger partial charge in [0.05, 0.1) is 0 Å². The number of benzene rings is 1. The summed E-state index contributed by atoms with van der Waals surface area (Å²) in [6.07, 6.45) is 4.72. The van der Waals surface area contributed by atoms with E-state index in [9.17, 15) is 14.4 Å². The lowest BCUT2D eigenvalue weighted by Crippen LogP contribution is -2.43. The number of amides is 3. The predicted molar refractivity (Wildman–Crippen MR) is 96.5 cm³/mol. The third-order valence-electron chi connectivity index (χ3n) is 4.19. The molecule has 3 amide bonds. The molecular formula is C19H25N3O3. The van der Waals surface area contributed by atoms with Gasteiger partial charge in [0, 0.05) is 45.1 Å². The standard InChI is InChI=1S/C19H25N3O3/c1-15(23)20-11-12-21-19(25)17-9-13-22(14-10-17)18(24)8-7-16-5-3-2-4-6-16/h2-8,17H,9-14H2,1H3,(H,20,23)(H,21,25). The van der Waals surface area contributed by atoms with E-state index in [0.29, 0.717) is 39.0 Å². The van der Waals surface area contributed by atoms with Crippen LogP contribution in [0.25, 0.3) is 6.08 Å². The SMILES string of the molecule is CC(=O)NCCNC(=O)C1CCN(C(=O)C=Cc2ccccc2)CC1. The van der Waals surface area contributed by atoms with Crippen LogP contribution in [-0.4, -0.2) is 48.8 Å². The lowest BCUT2D eigenvalue weighted by Gasteiger charge is -2.30. The summed E-state index contributed by atoms with van der Waals surface area (Å²) in [5.74, 6) is -0.199. The molecule has 6 heteroatoms. The average molecular weight is 343 g/mol. The van der Waals surface area contributed by atoms with Crippen LogP contribution in [0.5, 0.6) is 0 Å². The van der Waals surface area contributed by atoms with E-state index in [1.165, 1.54) is 6.92 Å². The molecule has 25 heavy (non-hydrogen) atoms. The first-order valence-corrected chi connectivity index (χ1v) is 8.60. The maximum absolute atomic E-state index is 12.2.